The van der Waals surface area contributed by atoms with Gasteiger partial charge in [-0.15, -0.1) is 0 Å². The van der Waals surface area contributed by atoms with Crippen molar-refractivity contribution in [2.24, 2.45) is 0 Å². The summed E-state index contributed by atoms with van der Waals surface area (Å²) in [5.41, 5.74) is 3.70. The molecule has 10 nitrogen and oxygen atoms in total. The number of carbonyl (C=O) groups is 2. The Balaban J connectivity index is 1.35. The highest BCUT2D eigenvalue weighted by molar-refractivity contribution is 5.97. The van der Waals surface area contributed by atoms with Crippen LogP contribution in [0.15, 0.2) is 36.5 Å². The Morgan fingerprint density at radius 1 is 1.27 bits per heavy atom. The molecule has 1 aliphatic rings. The highest BCUT2D eigenvalue weighted by Gasteiger charge is 2.22. The molecule has 0 aliphatic carbocycles. The smallest absolute Gasteiger partial charge is 0.274 e. The van der Waals surface area contributed by atoms with E-state index in [0.29, 0.717) is 38.4 Å². The number of amides is 2. The molecule has 33 heavy (non-hydrogen) atoms. The molecule has 0 saturated carbocycles. The normalized spacial score (nSPS) is 14.5. The lowest BCUT2D eigenvalue weighted by Gasteiger charge is -2.25. The van der Waals surface area contributed by atoms with Crippen LogP contribution in [0.3, 0.4) is 0 Å². The van der Waals surface area contributed by atoms with Gasteiger partial charge < -0.3 is 15.0 Å². The Morgan fingerprint density at radius 3 is 2.79 bits per heavy atom. The molecule has 0 spiro atoms. The fourth-order valence-electron chi connectivity index (χ4n) is 3.67. The first kappa shape index (κ1) is 22.2. The zero-order valence-electron chi connectivity index (χ0n) is 18.5. The molecule has 2 N–H and O–H groups in total. The van der Waals surface area contributed by atoms with Crippen molar-refractivity contribution in [3.63, 3.8) is 0 Å². The number of nitrogens with zero attached hydrogens (tertiary/aromatic N) is 5. The van der Waals surface area contributed by atoms with Crippen LogP contribution in [0.25, 0.3) is 11.3 Å². The summed E-state index contributed by atoms with van der Waals surface area (Å²) >= 11 is 0. The average Bonchev–Trinajstić information content (AvgIpc) is 3.49. The van der Waals surface area contributed by atoms with Crippen molar-refractivity contribution in [3.8, 4) is 17.3 Å². The number of nitriles is 1. The van der Waals surface area contributed by atoms with Gasteiger partial charge in [-0.1, -0.05) is 6.07 Å². The van der Waals surface area contributed by atoms with Crippen molar-refractivity contribution in [1.29, 1.82) is 5.26 Å². The van der Waals surface area contributed by atoms with E-state index < -0.39 is 0 Å². The molecule has 1 aromatic carbocycles. The maximum absolute atomic E-state index is 12.6. The van der Waals surface area contributed by atoms with Crippen LogP contribution in [0, 0.1) is 18.3 Å². The van der Waals surface area contributed by atoms with Crippen LogP contribution >= 0.6 is 0 Å². The summed E-state index contributed by atoms with van der Waals surface area (Å²) in [6.45, 7) is 6.26. The minimum atomic E-state index is -0.342. The number of morpholine rings is 1. The van der Waals surface area contributed by atoms with Gasteiger partial charge in [-0.2, -0.15) is 15.5 Å². The van der Waals surface area contributed by atoms with Crippen molar-refractivity contribution in [2.75, 3.05) is 26.3 Å². The summed E-state index contributed by atoms with van der Waals surface area (Å²) < 4.78 is 7.02. The predicted octanol–water partition coefficient (Wildman–Crippen LogP) is 1.74. The third-order valence-electron chi connectivity index (χ3n) is 5.46. The van der Waals surface area contributed by atoms with E-state index in [1.807, 2.05) is 38.2 Å². The number of nitrogens with one attached hydrogen (secondary N) is 2. The Bertz CT molecular complexity index is 1200. The van der Waals surface area contributed by atoms with Crippen molar-refractivity contribution in [3.05, 3.63) is 59.0 Å². The number of ether oxygens (including phenoxy) is 1. The number of aromatic nitrogens is 4. The van der Waals surface area contributed by atoms with Gasteiger partial charge >= 0.3 is 0 Å². The fraction of sp³-hybridized carbons (Fsp3) is 0.348. The van der Waals surface area contributed by atoms with Crippen LogP contribution in [0.4, 0.5) is 0 Å². The summed E-state index contributed by atoms with van der Waals surface area (Å²) in [6.07, 6.45) is 1.85. The minimum absolute atomic E-state index is 0.212. The Hall–Kier alpha value is -3.97. The second-order valence-corrected chi connectivity index (χ2v) is 8.01. The molecule has 4 rings (SSSR count). The van der Waals surface area contributed by atoms with E-state index in [0.717, 1.165) is 16.8 Å². The molecule has 1 fully saturated rings. The van der Waals surface area contributed by atoms with Crippen LogP contribution in [0.5, 0.6) is 0 Å². The highest BCUT2D eigenvalue weighted by atomic mass is 16.5. The zero-order chi connectivity index (χ0) is 23.4. The Kier molecular flexibility index (Phi) is 6.51. The van der Waals surface area contributed by atoms with Gasteiger partial charge in [0.15, 0.2) is 5.69 Å². The van der Waals surface area contributed by atoms with E-state index in [1.165, 1.54) is 6.07 Å². The number of aromatic amines is 1. The molecule has 1 saturated heterocycles. The minimum Gasteiger partial charge on any atom is -0.378 e. The third kappa shape index (κ3) is 5.10. The van der Waals surface area contributed by atoms with E-state index in [1.54, 1.807) is 15.6 Å². The maximum atomic E-state index is 12.6. The summed E-state index contributed by atoms with van der Waals surface area (Å²) in [6, 6.07) is 10.9. The molecular weight excluding hydrogens is 422 g/mol. The molecule has 3 heterocycles. The Morgan fingerprint density at radius 2 is 2.06 bits per heavy atom. The number of rotatable bonds is 6. The maximum Gasteiger partial charge on any atom is 0.274 e. The van der Waals surface area contributed by atoms with Crippen LogP contribution in [-0.4, -0.2) is 69.0 Å². The number of aryl methyl sites for hydroxylation is 1. The molecule has 0 radical (unpaired) electrons. The summed E-state index contributed by atoms with van der Waals surface area (Å²) in [7, 11) is 0. The van der Waals surface area contributed by atoms with Crippen molar-refractivity contribution >= 4 is 11.8 Å². The topological polar surface area (TPSA) is 129 Å². The largest absolute Gasteiger partial charge is 0.378 e. The second-order valence-electron chi connectivity index (χ2n) is 8.01. The molecule has 1 aliphatic heterocycles. The van der Waals surface area contributed by atoms with Crippen molar-refractivity contribution in [2.45, 2.75) is 26.4 Å². The van der Waals surface area contributed by atoms with Gasteiger partial charge in [-0.25, -0.2) is 0 Å². The van der Waals surface area contributed by atoms with Crippen LogP contribution in [0.2, 0.25) is 0 Å². The lowest BCUT2D eigenvalue weighted by Crippen LogP contribution is -2.40. The van der Waals surface area contributed by atoms with Crippen LogP contribution in [-0.2, 0) is 11.3 Å². The molecule has 2 aromatic heterocycles. The van der Waals surface area contributed by atoms with Crippen molar-refractivity contribution < 1.29 is 14.3 Å². The molecule has 170 valence electrons. The van der Waals surface area contributed by atoms with Crippen LogP contribution < -0.4 is 5.32 Å². The van der Waals surface area contributed by atoms with Gasteiger partial charge in [0.1, 0.15) is 5.69 Å². The quantitative estimate of drug-likeness (QED) is 0.592. The number of carbonyl (C=O) groups excluding carboxylic acids is 2. The van der Waals surface area contributed by atoms with Gasteiger partial charge in [0, 0.05) is 37.0 Å². The SMILES string of the molecule is Cc1cc(-c2ccn(CC(C)NC(=O)c3cc(C(=O)N4CCOCC4)n[nH]3)n2)ccc1C#N. The summed E-state index contributed by atoms with van der Waals surface area (Å²) in [4.78, 5) is 26.8. The van der Waals surface area contributed by atoms with Gasteiger partial charge in [0.2, 0.25) is 0 Å². The Labute approximate surface area is 191 Å². The van der Waals surface area contributed by atoms with Crippen molar-refractivity contribution in [1.82, 2.24) is 30.2 Å². The van der Waals surface area contributed by atoms with E-state index in [-0.39, 0.29) is 29.2 Å². The molecule has 3 aromatic rings. The third-order valence-corrected chi connectivity index (χ3v) is 5.46. The zero-order valence-corrected chi connectivity index (χ0v) is 18.5. The van der Waals surface area contributed by atoms with E-state index in [9.17, 15) is 9.59 Å². The first-order valence-corrected chi connectivity index (χ1v) is 10.7. The average molecular weight is 447 g/mol. The van der Waals surface area contributed by atoms with Gasteiger partial charge in [0.25, 0.3) is 11.8 Å². The van der Waals surface area contributed by atoms with E-state index in [2.05, 4.69) is 26.7 Å². The summed E-state index contributed by atoms with van der Waals surface area (Å²) in [5.74, 6) is -0.560. The molecular formula is C23H25N7O3. The van der Waals surface area contributed by atoms with Crippen LogP contribution in [0.1, 0.15) is 39.0 Å². The summed E-state index contributed by atoms with van der Waals surface area (Å²) in [5, 5.41) is 23.2. The first-order chi connectivity index (χ1) is 15.9. The van der Waals surface area contributed by atoms with E-state index in [4.69, 9.17) is 10.00 Å². The monoisotopic (exact) mass is 447 g/mol. The fourth-order valence-corrected chi connectivity index (χ4v) is 3.67. The number of hydrogen-bond donors (Lipinski definition) is 2. The molecule has 1 unspecified atom stereocenters. The standard InChI is InChI=1S/C23H25N7O3/c1-15-11-17(3-4-18(15)13-24)19-5-6-30(28-19)14-16(2)25-22(31)20-12-21(27-26-20)23(32)29-7-9-33-10-8-29/h3-6,11-12,16H,7-10,14H2,1-2H3,(H,25,31)(H,26,27). The second kappa shape index (κ2) is 9.67. The molecule has 10 heteroatoms. The lowest BCUT2D eigenvalue weighted by atomic mass is 10.0. The molecule has 1 atom stereocenters. The van der Waals surface area contributed by atoms with E-state index >= 15 is 0 Å². The molecule has 2 amide bonds. The van der Waals surface area contributed by atoms with Gasteiger partial charge in [0.05, 0.1) is 37.1 Å². The molecule has 0 bridgehead atoms. The number of benzene rings is 1. The predicted molar refractivity (Wildman–Crippen MR) is 119 cm³/mol. The van der Waals surface area contributed by atoms with Gasteiger partial charge in [-0.05, 0) is 37.6 Å². The lowest BCUT2D eigenvalue weighted by molar-refractivity contribution is 0.0299. The highest BCUT2D eigenvalue weighted by Crippen LogP contribution is 2.20. The number of hydrogen-bond acceptors (Lipinski definition) is 6. The van der Waals surface area contributed by atoms with Gasteiger partial charge in [-0.3, -0.25) is 19.4 Å². The first-order valence-electron chi connectivity index (χ1n) is 10.7. The number of H-pyrrole nitrogens is 1.